The minimum absolute atomic E-state index is 0.291. The predicted octanol–water partition coefficient (Wildman–Crippen LogP) is 0.0726. The minimum Gasteiger partial charge on any atom is -0.390 e. The van der Waals surface area contributed by atoms with Gasteiger partial charge in [-0.05, 0) is 19.4 Å². The monoisotopic (exact) mass is 240 g/mol. The molecule has 1 rings (SSSR count). The molecule has 0 saturated carbocycles. The maximum Gasteiger partial charge on any atom is 0.0791 e. The van der Waals surface area contributed by atoms with Crippen LogP contribution < -0.4 is 5.32 Å². The average Bonchev–Trinajstić information content (AvgIpc) is 2.35. The average molecular weight is 240 g/mol. The molecular formula is C13H24N2O2. The third kappa shape index (κ3) is 7.35. The largest absolute Gasteiger partial charge is 0.390 e. The van der Waals surface area contributed by atoms with Crippen molar-refractivity contribution >= 4 is 0 Å². The van der Waals surface area contributed by atoms with Crippen molar-refractivity contribution in [2.45, 2.75) is 25.4 Å². The highest BCUT2D eigenvalue weighted by Gasteiger charge is 2.14. The van der Waals surface area contributed by atoms with Gasteiger partial charge in [-0.15, -0.1) is 12.3 Å². The summed E-state index contributed by atoms with van der Waals surface area (Å²) in [6, 6.07) is 0. The molecule has 0 aliphatic carbocycles. The number of aliphatic hydroxyl groups excluding tert-OH is 1. The topological polar surface area (TPSA) is 44.7 Å². The van der Waals surface area contributed by atoms with Gasteiger partial charge in [-0.25, -0.2) is 0 Å². The fourth-order valence-electron chi connectivity index (χ4n) is 1.89. The molecule has 0 aromatic carbocycles. The van der Waals surface area contributed by atoms with Crippen LogP contribution in [0.3, 0.4) is 0 Å². The van der Waals surface area contributed by atoms with Crippen molar-refractivity contribution < 1.29 is 9.84 Å². The van der Waals surface area contributed by atoms with Gasteiger partial charge in [0.25, 0.3) is 0 Å². The van der Waals surface area contributed by atoms with Gasteiger partial charge in [-0.2, -0.15) is 0 Å². The summed E-state index contributed by atoms with van der Waals surface area (Å²) in [5.74, 6) is 2.63. The van der Waals surface area contributed by atoms with E-state index in [1.54, 1.807) is 0 Å². The summed E-state index contributed by atoms with van der Waals surface area (Å²) in [5.41, 5.74) is 0. The molecule has 4 heteroatoms. The van der Waals surface area contributed by atoms with E-state index in [-0.39, 0.29) is 6.10 Å². The molecule has 1 heterocycles. The fourth-order valence-corrected chi connectivity index (χ4v) is 1.89. The van der Waals surface area contributed by atoms with Crippen LogP contribution in [0.1, 0.15) is 19.3 Å². The second kappa shape index (κ2) is 9.43. The molecule has 1 unspecified atom stereocenters. The molecule has 98 valence electrons. The molecule has 0 aromatic heterocycles. The SMILES string of the molecule is C#CCCCCNCC(O)CN1CCOCC1. The lowest BCUT2D eigenvalue weighted by molar-refractivity contribution is 0.0149. The van der Waals surface area contributed by atoms with Crippen LogP contribution in [0.15, 0.2) is 0 Å². The van der Waals surface area contributed by atoms with Gasteiger partial charge in [0.1, 0.15) is 0 Å². The maximum atomic E-state index is 9.83. The number of hydrogen-bond donors (Lipinski definition) is 2. The van der Waals surface area contributed by atoms with Crippen LogP contribution >= 0.6 is 0 Å². The molecule has 2 N–H and O–H groups in total. The van der Waals surface area contributed by atoms with Crippen LogP contribution in [0.4, 0.5) is 0 Å². The Labute approximate surface area is 104 Å². The Morgan fingerprint density at radius 2 is 2.12 bits per heavy atom. The second-order valence-corrected chi connectivity index (χ2v) is 4.43. The van der Waals surface area contributed by atoms with E-state index in [9.17, 15) is 5.11 Å². The summed E-state index contributed by atoms with van der Waals surface area (Å²) in [6.07, 6.45) is 7.86. The highest BCUT2D eigenvalue weighted by atomic mass is 16.5. The third-order valence-corrected chi connectivity index (χ3v) is 2.88. The quantitative estimate of drug-likeness (QED) is 0.466. The van der Waals surface area contributed by atoms with Crippen molar-refractivity contribution in [2.24, 2.45) is 0 Å². The van der Waals surface area contributed by atoms with Crippen LogP contribution in [-0.2, 0) is 4.74 Å². The molecule has 1 atom stereocenters. The Kier molecular flexibility index (Phi) is 8.02. The molecule has 0 bridgehead atoms. The third-order valence-electron chi connectivity index (χ3n) is 2.88. The molecular weight excluding hydrogens is 216 g/mol. The molecule has 0 spiro atoms. The van der Waals surface area contributed by atoms with Gasteiger partial charge in [-0.3, -0.25) is 4.90 Å². The molecule has 4 nitrogen and oxygen atoms in total. The maximum absolute atomic E-state index is 9.83. The second-order valence-electron chi connectivity index (χ2n) is 4.43. The molecule has 1 aliphatic rings. The summed E-state index contributed by atoms with van der Waals surface area (Å²) >= 11 is 0. The number of hydrogen-bond acceptors (Lipinski definition) is 4. The van der Waals surface area contributed by atoms with Crippen molar-refractivity contribution in [2.75, 3.05) is 45.9 Å². The van der Waals surface area contributed by atoms with Gasteiger partial charge in [0.2, 0.25) is 0 Å². The summed E-state index contributed by atoms with van der Waals surface area (Å²) in [7, 11) is 0. The zero-order valence-corrected chi connectivity index (χ0v) is 10.5. The lowest BCUT2D eigenvalue weighted by atomic mass is 10.2. The van der Waals surface area contributed by atoms with E-state index in [1.165, 1.54) is 0 Å². The Hall–Kier alpha value is -0.600. The fraction of sp³-hybridized carbons (Fsp3) is 0.846. The van der Waals surface area contributed by atoms with Crippen LogP contribution in [-0.4, -0.2) is 62.0 Å². The van der Waals surface area contributed by atoms with Crippen molar-refractivity contribution in [1.82, 2.24) is 10.2 Å². The van der Waals surface area contributed by atoms with Gasteiger partial charge >= 0.3 is 0 Å². The lowest BCUT2D eigenvalue weighted by Gasteiger charge is -2.28. The van der Waals surface area contributed by atoms with E-state index in [0.717, 1.165) is 58.7 Å². The van der Waals surface area contributed by atoms with E-state index < -0.39 is 0 Å². The highest BCUT2D eigenvalue weighted by Crippen LogP contribution is 1.98. The Bertz CT molecular complexity index is 222. The number of morpholine rings is 1. The molecule has 1 aliphatic heterocycles. The summed E-state index contributed by atoms with van der Waals surface area (Å²) in [5, 5.41) is 13.1. The number of aliphatic hydroxyl groups is 1. The lowest BCUT2D eigenvalue weighted by Crippen LogP contribution is -2.43. The van der Waals surface area contributed by atoms with Gasteiger partial charge < -0.3 is 15.2 Å². The standard InChI is InChI=1S/C13H24N2O2/c1-2-3-4-5-6-14-11-13(16)12-15-7-9-17-10-8-15/h1,13-14,16H,3-12H2. The van der Waals surface area contributed by atoms with E-state index in [0.29, 0.717) is 6.54 Å². The highest BCUT2D eigenvalue weighted by molar-refractivity contribution is 4.82. The number of nitrogens with zero attached hydrogens (tertiary/aromatic N) is 1. The number of nitrogens with one attached hydrogen (secondary N) is 1. The van der Waals surface area contributed by atoms with Gasteiger partial charge in [0, 0.05) is 32.6 Å². The summed E-state index contributed by atoms with van der Waals surface area (Å²) < 4.78 is 5.26. The minimum atomic E-state index is -0.291. The first kappa shape index (κ1) is 14.5. The number of β-amino-alcohol motifs (C(OH)–C–C–N with tert-alkyl or cyclic N) is 1. The zero-order valence-electron chi connectivity index (χ0n) is 10.5. The number of ether oxygens (including phenoxy) is 1. The van der Waals surface area contributed by atoms with Crippen LogP contribution in [0.25, 0.3) is 0 Å². The van der Waals surface area contributed by atoms with Gasteiger partial charge in [-0.1, -0.05) is 0 Å². The Balaban J connectivity index is 1.93. The summed E-state index contributed by atoms with van der Waals surface area (Å²) in [6.45, 7) is 5.76. The van der Waals surface area contributed by atoms with E-state index in [4.69, 9.17) is 11.2 Å². The predicted molar refractivity (Wildman–Crippen MR) is 68.8 cm³/mol. The van der Waals surface area contributed by atoms with Crippen molar-refractivity contribution in [3.8, 4) is 12.3 Å². The van der Waals surface area contributed by atoms with Crippen LogP contribution in [0.2, 0.25) is 0 Å². The normalized spacial score (nSPS) is 18.8. The molecule has 0 radical (unpaired) electrons. The van der Waals surface area contributed by atoms with E-state index in [1.807, 2.05) is 0 Å². The van der Waals surface area contributed by atoms with Crippen LogP contribution in [0.5, 0.6) is 0 Å². The Morgan fingerprint density at radius 3 is 2.82 bits per heavy atom. The first-order chi connectivity index (χ1) is 8.33. The number of rotatable bonds is 8. The van der Waals surface area contributed by atoms with Gasteiger partial charge in [0.05, 0.1) is 19.3 Å². The van der Waals surface area contributed by atoms with Gasteiger partial charge in [0.15, 0.2) is 0 Å². The molecule has 17 heavy (non-hydrogen) atoms. The molecule has 0 amide bonds. The van der Waals surface area contributed by atoms with E-state index in [2.05, 4.69) is 16.1 Å². The van der Waals surface area contributed by atoms with Crippen molar-refractivity contribution in [3.05, 3.63) is 0 Å². The number of terminal acetylenes is 1. The Morgan fingerprint density at radius 1 is 1.35 bits per heavy atom. The van der Waals surface area contributed by atoms with E-state index >= 15 is 0 Å². The van der Waals surface area contributed by atoms with Crippen molar-refractivity contribution in [3.63, 3.8) is 0 Å². The summed E-state index contributed by atoms with van der Waals surface area (Å²) in [4.78, 5) is 2.24. The van der Waals surface area contributed by atoms with Crippen molar-refractivity contribution in [1.29, 1.82) is 0 Å². The van der Waals surface area contributed by atoms with Crippen LogP contribution in [0, 0.1) is 12.3 Å². The first-order valence-corrected chi connectivity index (χ1v) is 6.45. The smallest absolute Gasteiger partial charge is 0.0791 e. The molecule has 1 saturated heterocycles. The molecule has 0 aromatic rings. The first-order valence-electron chi connectivity index (χ1n) is 6.45. The zero-order chi connectivity index (χ0) is 12.3. The molecule has 1 fully saturated rings. The number of unbranched alkanes of at least 4 members (excludes halogenated alkanes) is 2.